The molecule has 1 atom stereocenters. The predicted octanol–water partition coefficient (Wildman–Crippen LogP) is 3.33. The van der Waals surface area contributed by atoms with Crippen molar-refractivity contribution in [3.8, 4) is 0 Å². The number of benzene rings is 2. The molecule has 1 N–H and O–H groups in total. The Morgan fingerprint density at radius 3 is 2.50 bits per heavy atom. The van der Waals surface area contributed by atoms with Crippen LogP contribution in [0.4, 0.5) is 0 Å². The largest absolute Gasteiger partial charge is 0.356 e. The number of amides is 2. The van der Waals surface area contributed by atoms with Crippen molar-refractivity contribution in [1.82, 2.24) is 10.2 Å². The van der Waals surface area contributed by atoms with Gasteiger partial charge in [-0.15, -0.1) is 11.8 Å². The van der Waals surface area contributed by atoms with E-state index in [9.17, 15) is 9.59 Å². The molecule has 1 aliphatic rings. The number of hydrogen-bond acceptors (Lipinski definition) is 3. The van der Waals surface area contributed by atoms with Crippen LogP contribution in [0.3, 0.4) is 0 Å². The zero-order valence-corrected chi connectivity index (χ0v) is 15.6. The van der Waals surface area contributed by atoms with Gasteiger partial charge in [0.1, 0.15) is 0 Å². The number of carbonyl (C=O) groups excluding carboxylic acids is 2. The van der Waals surface area contributed by atoms with E-state index < -0.39 is 0 Å². The van der Waals surface area contributed by atoms with Gasteiger partial charge < -0.3 is 10.2 Å². The van der Waals surface area contributed by atoms with Gasteiger partial charge in [-0.3, -0.25) is 9.59 Å². The summed E-state index contributed by atoms with van der Waals surface area (Å²) in [6.07, 6.45) is 1.23. The third-order valence-electron chi connectivity index (χ3n) is 4.43. The molecule has 0 unspecified atom stereocenters. The molecule has 2 aromatic rings. The van der Waals surface area contributed by atoms with E-state index in [1.807, 2.05) is 48.5 Å². The van der Waals surface area contributed by atoms with E-state index >= 15 is 0 Å². The lowest BCUT2D eigenvalue weighted by Gasteiger charge is -2.16. The van der Waals surface area contributed by atoms with E-state index in [0.29, 0.717) is 26.1 Å². The minimum atomic E-state index is -0.229. The van der Waals surface area contributed by atoms with Crippen molar-refractivity contribution in [2.75, 3.05) is 18.8 Å². The molecule has 0 saturated carbocycles. The van der Waals surface area contributed by atoms with Crippen molar-refractivity contribution < 1.29 is 9.59 Å². The third kappa shape index (κ3) is 5.36. The van der Waals surface area contributed by atoms with Gasteiger partial charge >= 0.3 is 0 Å². The summed E-state index contributed by atoms with van der Waals surface area (Å²) in [6.45, 7) is 1.75. The average molecular weight is 369 g/mol. The summed E-state index contributed by atoms with van der Waals surface area (Å²) in [7, 11) is 0. The summed E-state index contributed by atoms with van der Waals surface area (Å²) < 4.78 is 0. The van der Waals surface area contributed by atoms with Crippen molar-refractivity contribution in [3.63, 3.8) is 0 Å². The number of carbonyl (C=O) groups is 2. The van der Waals surface area contributed by atoms with Gasteiger partial charge in [0.15, 0.2) is 0 Å². The van der Waals surface area contributed by atoms with E-state index in [1.54, 1.807) is 16.7 Å². The Labute approximate surface area is 159 Å². The van der Waals surface area contributed by atoms with Crippen LogP contribution in [-0.4, -0.2) is 35.6 Å². The zero-order chi connectivity index (χ0) is 18.2. The minimum absolute atomic E-state index is 0.00128. The SMILES string of the molecule is O=C(NCCCSc1ccccc1)[C@@H]1CC(=O)N(Cc2ccccc2)C1. The van der Waals surface area contributed by atoms with Crippen LogP contribution >= 0.6 is 11.8 Å². The summed E-state index contributed by atoms with van der Waals surface area (Å²) in [5, 5.41) is 2.98. The Morgan fingerprint density at radius 1 is 1.08 bits per heavy atom. The second-order valence-electron chi connectivity index (χ2n) is 6.47. The highest BCUT2D eigenvalue weighted by atomic mass is 32.2. The van der Waals surface area contributed by atoms with Gasteiger partial charge in [-0.2, -0.15) is 0 Å². The number of hydrogen-bond donors (Lipinski definition) is 1. The molecule has 0 bridgehead atoms. The zero-order valence-electron chi connectivity index (χ0n) is 14.8. The maximum atomic E-state index is 12.3. The maximum Gasteiger partial charge on any atom is 0.225 e. The quantitative estimate of drug-likeness (QED) is 0.574. The normalized spacial score (nSPS) is 16.7. The molecule has 0 aliphatic carbocycles. The second-order valence-corrected chi connectivity index (χ2v) is 7.64. The molecule has 1 fully saturated rings. The first kappa shape index (κ1) is 18.5. The highest BCUT2D eigenvalue weighted by molar-refractivity contribution is 7.99. The standard InChI is InChI=1S/C21H24N2O2S/c24-20-14-18(16-23(20)15-17-8-3-1-4-9-17)21(25)22-12-7-13-26-19-10-5-2-6-11-19/h1-6,8-11,18H,7,12-16H2,(H,22,25)/t18-/m1/s1. The van der Waals surface area contributed by atoms with Gasteiger partial charge in [0, 0.05) is 31.0 Å². The monoisotopic (exact) mass is 368 g/mol. The molecule has 1 aliphatic heterocycles. The highest BCUT2D eigenvalue weighted by Crippen LogP contribution is 2.21. The molecule has 26 heavy (non-hydrogen) atoms. The molecule has 136 valence electrons. The Hall–Kier alpha value is -2.27. The summed E-state index contributed by atoms with van der Waals surface area (Å²) >= 11 is 1.79. The number of thioether (sulfide) groups is 1. The third-order valence-corrected chi connectivity index (χ3v) is 5.53. The van der Waals surface area contributed by atoms with Gasteiger partial charge in [0.25, 0.3) is 0 Å². The van der Waals surface area contributed by atoms with Crippen molar-refractivity contribution >= 4 is 23.6 Å². The van der Waals surface area contributed by atoms with Crippen LogP contribution < -0.4 is 5.32 Å². The lowest BCUT2D eigenvalue weighted by atomic mass is 10.1. The fourth-order valence-corrected chi connectivity index (χ4v) is 3.91. The van der Waals surface area contributed by atoms with Crippen LogP contribution in [0, 0.1) is 5.92 Å². The lowest BCUT2D eigenvalue weighted by molar-refractivity contribution is -0.129. The fraction of sp³-hybridized carbons (Fsp3) is 0.333. The first-order chi connectivity index (χ1) is 12.7. The summed E-state index contributed by atoms with van der Waals surface area (Å²) in [5.74, 6) is 0.800. The molecule has 1 heterocycles. The van der Waals surface area contributed by atoms with Crippen LogP contribution in [0.15, 0.2) is 65.6 Å². The van der Waals surface area contributed by atoms with Crippen LogP contribution in [-0.2, 0) is 16.1 Å². The predicted molar refractivity (Wildman–Crippen MR) is 105 cm³/mol. The van der Waals surface area contributed by atoms with Crippen LogP contribution in [0.25, 0.3) is 0 Å². The molecular weight excluding hydrogens is 344 g/mol. The average Bonchev–Trinajstić information content (AvgIpc) is 3.03. The van der Waals surface area contributed by atoms with Gasteiger partial charge in [-0.1, -0.05) is 48.5 Å². The highest BCUT2D eigenvalue weighted by Gasteiger charge is 2.33. The second kappa shape index (κ2) is 9.43. The molecule has 1 saturated heterocycles. The first-order valence-corrected chi connectivity index (χ1v) is 9.98. The number of likely N-dealkylation sites (tertiary alicyclic amines) is 1. The maximum absolute atomic E-state index is 12.3. The van der Waals surface area contributed by atoms with Gasteiger partial charge in [0.2, 0.25) is 11.8 Å². The van der Waals surface area contributed by atoms with Gasteiger partial charge in [0.05, 0.1) is 5.92 Å². The van der Waals surface area contributed by atoms with E-state index in [2.05, 4.69) is 17.4 Å². The fourth-order valence-electron chi connectivity index (χ4n) is 3.04. The topological polar surface area (TPSA) is 49.4 Å². The van der Waals surface area contributed by atoms with Crippen molar-refractivity contribution in [2.24, 2.45) is 5.92 Å². The van der Waals surface area contributed by atoms with Crippen LogP contribution in [0.5, 0.6) is 0 Å². The smallest absolute Gasteiger partial charge is 0.225 e. The summed E-state index contributed by atoms with van der Waals surface area (Å²) in [6, 6.07) is 20.2. The Kier molecular flexibility index (Phi) is 6.72. The number of nitrogens with zero attached hydrogens (tertiary/aromatic N) is 1. The minimum Gasteiger partial charge on any atom is -0.356 e. The van der Waals surface area contributed by atoms with E-state index in [0.717, 1.165) is 17.7 Å². The van der Waals surface area contributed by atoms with E-state index in [4.69, 9.17) is 0 Å². The molecule has 0 aromatic heterocycles. The Bertz CT molecular complexity index is 721. The Balaban J connectivity index is 1.36. The molecule has 2 aromatic carbocycles. The van der Waals surface area contributed by atoms with Crippen LogP contribution in [0.1, 0.15) is 18.4 Å². The summed E-state index contributed by atoms with van der Waals surface area (Å²) in [5.41, 5.74) is 1.10. The van der Waals surface area contributed by atoms with Gasteiger partial charge in [-0.05, 0) is 29.9 Å². The van der Waals surface area contributed by atoms with E-state index in [1.165, 1.54) is 4.90 Å². The van der Waals surface area contributed by atoms with Crippen molar-refractivity contribution in [2.45, 2.75) is 24.3 Å². The van der Waals surface area contributed by atoms with Crippen molar-refractivity contribution in [1.29, 1.82) is 0 Å². The Morgan fingerprint density at radius 2 is 1.77 bits per heavy atom. The molecule has 0 radical (unpaired) electrons. The molecule has 3 rings (SSSR count). The molecular formula is C21H24N2O2S. The summed E-state index contributed by atoms with van der Waals surface area (Å²) in [4.78, 5) is 27.5. The van der Waals surface area contributed by atoms with Gasteiger partial charge in [-0.25, -0.2) is 0 Å². The molecule has 4 nitrogen and oxygen atoms in total. The van der Waals surface area contributed by atoms with Crippen LogP contribution in [0.2, 0.25) is 0 Å². The number of nitrogens with one attached hydrogen (secondary N) is 1. The lowest BCUT2D eigenvalue weighted by Crippen LogP contribution is -2.33. The van der Waals surface area contributed by atoms with E-state index in [-0.39, 0.29) is 17.7 Å². The van der Waals surface area contributed by atoms with Crippen molar-refractivity contribution in [3.05, 3.63) is 66.2 Å². The first-order valence-electron chi connectivity index (χ1n) is 8.99. The molecule has 5 heteroatoms. The molecule has 0 spiro atoms. The molecule has 2 amide bonds. The number of rotatable bonds is 8.